The Bertz CT molecular complexity index is 1250. The van der Waals surface area contributed by atoms with E-state index < -0.39 is 0 Å². The van der Waals surface area contributed by atoms with Gasteiger partial charge in [0.2, 0.25) is 0 Å². The zero-order valence-corrected chi connectivity index (χ0v) is 20.5. The minimum atomic E-state index is -0.222. The van der Waals surface area contributed by atoms with E-state index in [9.17, 15) is 4.79 Å². The summed E-state index contributed by atoms with van der Waals surface area (Å²) in [6.07, 6.45) is 5.68. The number of amides is 1. The predicted molar refractivity (Wildman–Crippen MR) is 143 cm³/mol. The van der Waals surface area contributed by atoms with Gasteiger partial charge in [-0.25, -0.2) is 0 Å². The fraction of sp³-hybridized carbons (Fsp3) is 0.269. The first-order valence-electron chi connectivity index (χ1n) is 11.5. The van der Waals surface area contributed by atoms with Crippen LogP contribution in [0.1, 0.15) is 39.9 Å². The van der Waals surface area contributed by atoms with E-state index in [0.29, 0.717) is 30.2 Å². The van der Waals surface area contributed by atoms with Gasteiger partial charge < -0.3 is 26.6 Å². The summed E-state index contributed by atoms with van der Waals surface area (Å²) in [5.74, 6) is -0.0601. The molecule has 8 nitrogen and oxygen atoms in total. The summed E-state index contributed by atoms with van der Waals surface area (Å²) in [5.41, 5.74) is 17.8. The standard InChI is InChI=1S/C26H30ClN7O/c1-16-14-20(3-5-21(16)17-6-10-33(11-7-17)25(28)29)32-24(35)19-2-4-22(23(27)15-19)18-8-12-34(13-9-18)26(30)31/h2-6,8,14-15H,7,9-13H2,1H3,(H3,28,29)(H3,30,31)(H,32,35). The van der Waals surface area contributed by atoms with E-state index in [0.717, 1.165) is 47.3 Å². The first kappa shape index (κ1) is 24.3. The lowest BCUT2D eigenvalue weighted by Crippen LogP contribution is -2.39. The Kier molecular flexibility index (Phi) is 7.12. The number of aryl methyl sites for hydroxylation is 1. The van der Waals surface area contributed by atoms with Gasteiger partial charge in [0.05, 0.1) is 0 Å². The van der Waals surface area contributed by atoms with Crippen molar-refractivity contribution in [2.24, 2.45) is 11.5 Å². The lowest BCUT2D eigenvalue weighted by molar-refractivity contribution is 0.102. The molecule has 2 aliphatic rings. The van der Waals surface area contributed by atoms with Gasteiger partial charge in [0, 0.05) is 42.5 Å². The highest BCUT2D eigenvalue weighted by Crippen LogP contribution is 2.30. The lowest BCUT2D eigenvalue weighted by atomic mass is 9.95. The van der Waals surface area contributed by atoms with Crippen LogP contribution in [-0.2, 0) is 0 Å². The third-order valence-electron chi connectivity index (χ3n) is 6.51. The van der Waals surface area contributed by atoms with Crippen LogP contribution < -0.4 is 16.8 Å². The summed E-state index contributed by atoms with van der Waals surface area (Å²) < 4.78 is 0. The van der Waals surface area contributed by atoms with Gasteiger partial charge in [-0.3, -0.25) is 15.6 Å². The van der Waals surface area contributed by atoms with E-state index in [4.69, 9.17) is 33.9 Å². The summed E-state index contributed by atoms with van der Waals surface area (Å²) in [4.78, 5) is 16.5. The van der Waals surface area contributed by atoms with Gasteiger partial charge in [-0.2, -0.15) is 0 Å². The van der Waals surface area contributed by atoms with E-state index >= 15 is 0 Å². The molecule has 0 aromatic heterocycles. The summed E-state index contributed by atoms with van der Waals surface area (Å²) in [7, 11) is 0. The molecule has 0 saturated heterocycles. The van der Waals surface area contributed by atoms with Crippen molar-refractivity contribution in [1.29, 1.82) is 10.8 Å². The maximum atomic E-state index is 12.9. The van der Waals surface area contributed by atoms with Gasteiger partial charge in [0.1, 0.15) is 0 Å². The molecular formula is C26H30ClN7O. The average Bonchev–Trinajstić information content (AvgIpc) is 2.84. The van der Waals surface area contributed by atoms with Crippen molar-refractivity contribution < 1.29 is 4.79 Å². The summed E-state index contributed by atoms with van der Waals surface area (Å²) >= 11 is 6.54. The molecule has 0 aliphatic carbocycles. The molecule has 0 fully saturated rings. The number of hydrogen-bond acceptors (Lipinski definition) is 3. The third-order valence-corrected chi connectivity index (χ3v) is 6.82. The first-order valence-corrected chi connectivity index (χ1v) is 11.9. The van der Waals surface area contributed by atoms with Crippen molar-refractivity contribution in [1.82, 2.24) is 9.80 Å². The van der Waals surface area contributed by atoms with Crippen LogP contribution in [0.25, 0.3) is 11.1 Å². The van der Waals surface area contributed by atoms with Crippen LogP contribution in [0.5, 0.6) is 0 Å². The van der Waals surface area contributed by atoms with Crippen LogP contribution in [0.15, 0.2) is 48.6 Å². The number of benzene rings is 2. The normalized spacial score (nSPS) is 15.8. The van der Waals surface area contributed by atoms with Crippen LogP contribution in [0.2, 0.25) is 5.02 Å². The van der Waals surface area contributed by atoms with E-state index in [2.05, 4.69) is 11.4 Å². The second-order valence-corrected chi connectivity index (χ2v) is 9.21. The van der Waals surface area contributed by atoms with Crippen molar-refractivity contribution >= 4 is 46.3 Å². The molecule has 35 heavy (non-hydrogen) atoms. The number of nitrogens with two attached hydrogens (primary N) is 2. The second-order valence-electron chi connectivity index (χ2n) is 8.80. The molecule has 0 unspecified atom stereocenters. The highest BCUT2D eigenvalue weighted by molar-refractivity contribution is 6.32. The van der Waals surface area contributed by atoms with E-state index in [1.54, 1.807) is 17.0 Å². The lowest BCUT2D eigenvalue weighted by Gasteiger charge is -2.27. The fourth-order valence-electron chi connectivity index (χ4n) is 4.49. The molecule has 0 saturated carbocycles. The van der Waals surface area contributed by atoms with E-state index in [1.807, 2.05) is 42.2 Å². The number of nitrogens with one attached hydrogen (secondary N) is 3. The molecule has 4 rings (SSSR count). The Morgan fingerprint density at radius 1 is 0.914 bits per heavy atom. The zero-order chi connectivity index (χ0) is 25.1. The summed E-state index contributed by atoms with van der Waals surface area (Å²) in [5, 5.41) is 18.6. The molecule has 7 N–H and O–H groups in total. The monoisotopic (exact) mass is 491 g/mol. The Labute approximate surface area is 210 Å². The van der Waals surface area contributed by atoms with Crippen molar-refractivity contribution in [3.8, 4) is 0 Å². The number of carbonyl (C=O) groups excluding carboxylic acids is 1. The molecule has 2 aromatic rings. The first-order chi connectivity index (χ1) is 16.7. The Morgan fingerprint density at radius 3 is 1.97 bits per heavy atom. The van der Waals surface area contributed by atoms with Crippen LogP contribution in [-0.4, -0.2) is 53.8 Å². The largest absolute Gasteiger partial charge is 0.370 e. The fourth-order valence-corrected chi connectivity index (χ4v) is 4.79. The van der Waals surface area contributed by atoms with Gasteiger partial charge in [-0.15, -0.1) is 0 Å². The van der Waals surface area contributed by atoms with Gasteiger partial charge >= 0.3 is 0 Å². The van der Waals surface area contributed by atoms with Crippen molar-refractivity contribution in [3.63, 3.8) is 0 Å². The van der Waals surface area contributed by atoms with Crippen molar-refractivity contribution in [3.05, 3.63) is 75.8 Å². The second kappa shape index (κ2) is 10.2. The molecule has 0 spiro atoms. The molecule has 1 amide bonds. The number of nitrogens with zero attached hydrogens (tertiary/aromatic N) is 2. The summed E-state index contributed by atoms with van der Waals surface area (Å²) in [6, 6.07) is 11.2. The van der Waals surface area contributed by atoms with Crippen LogP contribution in [0.3, 0.4) is 0 Å². The number of carbonyl (C=O) groups is 1. The minimum absolute atomic E-state index is 0.0665. The highest BCUT2D eigenvalue weighted by Gasteiger charge is 2.18. The van der Waals surface area contributed by atoms with Gasteiger partial charge in [-0.05, 0) is 71.9 Å². The Morgan fingerprint density at radius 2 is 1.49 bits per heavy atom. The minimum Gasteiger partial charge on any atom is -0.370 e. The van der Waals surface area contributed by atoms with Gasteiger partial charge in [-0.1, -0.05) is 35.9 Å². The highest BCUT2D eigenvalue weighted by atomic mass is 35.5. The van der Waals surface area contributed by atoms with Gasteiger partial charge in [0.15, 0.2) is 11.9 Å². The number of anilines is 1. The maximum absolute atomic E-state index is 12.9. The molecule has 182 valence electrons. The molecule has 9 heteroatoms. The van der Waals surface area contributed by atoms with E-state index in [1.165, 1.54) is 5.57 Å². The molecule has 2 heterocycles. The number of hydrogen-bond donors (Lipinski definition) is 5. The maximum Gasteiger partial charge on any atom is 0.255 e. The van der Waals surface area contributed by atoms with Crippen LogP contribution >= 0.6 is 11.6 Å². The Balaban J connectivity index is 1.44. The van der Waals surface area contributed by atoms with Crippen LogP contribution in [0, 0.1) is 17.7 Å². The van der Waals surface area contributed by atoms with Gasteiger partial charge in [0.25, 0.3) is 5.91 Å². The smallest absolute Gasteiger partial charge is 0.255 e. The topological polar surface area (TPSA) is 135 Å². The molecule has 2 aromatic carbocycles. The molecule has 0 bridgehead atoms. The predicted octanol–water partition coefficient (Wildman–Crippen LogP) is 3.87. The number of guanidine groups is 2. The molecule has 0 radical (unpaired) electrons. The quantitative estimate of drug-likeness (QED) is 0.327. The number of rotatable bonds is 4. The van der Waals surface area contributed by atoms with E-state index in [-0.39, 0.29) is 17.8 Å². The SMILES string of the molecule is Cc1cc(NC(=O)c2ccc(C3=CCN(C(=N)N)CC3)c(Cl)c2)ccc1C1=CCN(C(=N)N)CC1. The summed E-state index contributed by atoms with van der Waals surface area (Å²) in [6.45, 7) is 4.62. The average molecular weight is 492 g/mol. The van der Waals surface area contributed by atoms with Crippen molar-refractivity contribution in [2.45, 2.75) is 19.8 Å². The third kappa shape index (κ3) is 5.49. The molecule has 0 atom stereocenters. The van der Waals surface area contributed by atoms with Crippen molar-refractivity contribution in [2.75, 3.05) is 31.5 Å². The molecular weight excluding hydrogens is 462 g/mol. The number of halogens is 1. The Hall–Kier alpha value is -3.78. The van der Waals surface area contributed by atoms with Crippen LogP contribution in [0.4, 0.5) is 5.69 Å². The zero-order valence-electron chi connectivity index (χ0n) is 19.7. The molecule has 2 aliphatic heterocycles.